The molecule has 5 nitrogen and oxygen atoms in total. The lowest BCUT2D eigenvalue weighted by Gasteiger charge is -2.25. The van der Waals surface area contributed by atoms with Crippen molar-refractivity contribution in [3.05, 3.63) is 12.7 Å². The van der Waals surface area contributed by atoms with Gasteiger partial charge in [0.25, 0.3) is 5.91 Å². The fourth-order valence-corrected chi connectivity index (χ4v) is 2.54. The number of nitrogens with one attached hydrogen (secondary N) is 1. The van der Waals surface area contributed by atoms with Gasteiger partial charge in [0.05, 0.1) is 0 Å². The Morgan fingerprint density at radius 1 is 1.29 bits per heavy atom. The van der Waals surface area contributed by atoms with E-state index in [0.29, 0.717) is 13.1 Å². The Morgan fingerprint density at radius 3 is 2.36 bits per heavy atom. The molecular weight excluding hydrogens is 204 g/mol. The van der Waals surface area contributed by atoms with Crippen molar-refractivity contribution in [1.29, 1.82) is 0 Å². The van der Waals surface area contributed by atoms with E-state index in [1.807, 2.05) is 4.72 Å². The Kier molecular flexibility index (Phi) is 3.65. The van der Waals surface area contributed by atoms with Gasteiger partial charge in [-0.3, -0.25) is 4.79 Å². The van der Waals surface area contributed by atoms with Crippen LogP contribution < -0.4 is 4.72 Å². The molecule has 1 amide bonds. The van der Waals surface area contributed by atoms with Crippen LogP contribution in [0.2, 0.25) is 0 Å². The zero-order valence-corrected chi connectivity index (χ0v) is 8.72. The van der Waals surface area contributed by atoms with Crippen molar-refractivity contribution in [2.45, 2.75) is 19.3 Å². The Hall–Kier alpha value is -0.880. The molecule has 1 fully saturated rings. The SMILES string of the molecule is C=CC(=O)NS(=O)(=O)N1CCCCC1. The van der Waals surface area contributed by atoms with Gasteiger partial charge in [0.1, 0.15) is 0 Å². The highest BCUT2D eigenvalue weighted by molar-refractivity contribution is 7.87. The third-order valence-corrected chi connectivity index (χ3v) is 3.57. The number of carbonyl (C=O) groups excluding carboxylic acids is 1. The molecule has 0 aliphatic carbocycles. The summed E-state index contributed by atoms with van der Waals surface area (Å²) < 4.78 is 26.2. The first-order valence-electron chi connectivity index (χ1n) is 4.50. The van der Waals surface area contributed by atoms with Gasteiger partial charge in [0.2, 0.25) is 0 Å². The van der Waals surface area contributed by atoms with Crippen LogP contribution in [0.1, 0.15) is 19.3 Å². The summed E-state index contributed by atoms with van der Waals surface area (Å²) in [5.41, 5.74) is 0. The van der Waals surface area contributed by atoms with Gasteiger partial charge in [-0.05, 0) is 18.9 Å². The number of hydrogen-bond acceptors (Lipinski definition) is 3. The van der Waals surface area contributed by atoms with Crippen LogP contribution in [0.25, 0.3) is 0 Å². The van der Waals surface area contributed by atoms with Gasteiger partial charge in [0.15, 0.2) is 0 Å². The van der Waals surface area contributed by atoms with Crippen LogP contribution in [0.15, 0.2) is 12.7 Å². The van der Waals surface area contributed by atoms with E-state index in [-0.39, 0.29) is 0 Å². The number of rotatable bonds is 3. The lowest BCUT2D eigenvalue weighted by Crippen LogP contribution is -2.45. The number of hydrogen-bond donors (Lipinski definition) is 1. The minimum Gasteiger partial charge on any atom is -0.269 e. The second-order valence-electron chi connectivity index (χ2n) is 3.14. The first-order chi connectivity index (χ1) is 6.56. The molecule has 0 spiro atoms. The van der Waals surface area contributed by atoms with Gasteiger partial charge < -0.3 is 0 Å². The molecule has 0 aromatic rings. The lowest BCUT2D eigenvalue weighted by atomic mass is 10.2. The quantitative estimate of drug-likeness (QED) is 0.679. The maximum absolute atomic E-state index is 11.5. The highest BCUT2D eigenvalue weighted by Crippen LogP contribution is 2.11. The number of amides is 1. The summed E-state index contributed by atoms with van der Waals surface area (Å²) in [6, 6.07) is 0. The number of carbonyl (C=O) groups is 1. The minimum atomic E-state index is -3.63. The smallest absolute Gasteiger partial charge is 0.269 e. The van der Waals surface area contributed by atoms with Gasteiger partial charge in [-0.15, -0.1) is 0 Å². The Balaban J connectivity index is 2.63. The van der Waals surface area contributed by atoms with Crippen LogP contribution in [-0.4, -0.2) is 31.7 Å². The molecule has 0 radical (unpaired) electrons. The van der Waals surface area contributed by atoms with E-state index in [1.165, 1.54) is 4.31 Å². The van der Waals surface area contributed by atoms with Gasteiger partial charge in [-0.25, -0.2) is 4.72 Å². The van der Waals surface area contributed by atoms with Crippen molar-refractivity contribution in [2.24, 2.45) is 0 Å². The molecule has 0 saturated carbocycles. The Bertz CT molecular complexity index is 317. The fraction of sp³-hybridized carbons (Fsp3) is 0.625. The number of piperidine rings is 1. The van der Waals surface area contributed by atoms with E-state index in [1.54, 1.807) is 0 Å². The molecule has 0 atom stereocenters. The Morgan fingerprint density at radius 2 is 1.86 bits per heavy atom. The van der Waals surface area contributed by atoms with Crippen LogP contribution in [0.4, 0.5) is 0 Å². The van der Waals surface area contributed by atoms with E-state index in [4.69, 9.17) is 0 Å². The van der Waals surface area contributed by atoms with E-state index < -0.39 is 16.1 Å². The molecule has 14 heavy (non-hydrogen) atoms. The molecule has 1 aliphatic heterocycles. The van der Waals surface area contributed by atoms with Crippen molar-refractivity contribution in [3.8, 4) is 0 Å². The molecule has 1 aliphatic rings. The standard InChI is InChI=1S/C8H14N2O3S/c1-2-8(11)9-14(12,13)10-6-4-3-5-7-10/h2H,1,3-7H2,(H,9,11). The molecule has 0 aromatic heterocycles. The first-order valence-corrected chi connectivity index (χ1v) is 5.94. The first kappa shape index (κ1) is 11.2. The zero-order valence-electron chi connectivity index (χ0n) is 7.90. The third-order valence-electron chi connectivity index (χ3n) is 2.07. The van der Waals surface area contributed by atoms with Crippen LogP contribution in [0.3, 0.4) is 0 Å². The van der Waals surface area contributed by atoms with E-state index in [2.05, 4.69) is 6.58 Å². The van der Waals surface area contributed by atoms with Crippen molar-refractivity contribution < 1.29 is 13.2 Å². The van der Waals surface area contributed by atoms with E-state index >= 15 is 0 Å². The molecule has 6 heteroatoms. The van der Waals surface area contributed by atoms with Crippen LogP contribution >= 0.6 is 0 Å². The topological polar surface area (TPSA) is 66.5 Å². The van der Waals surface area contributed by atoms with Crippen molar-refractivity contribution in [2.75, 3.05) is 13.1 Å². The molecule has 0 aromatic carbocycles. The molecule has 1 saturated heterocycles. The minimum absolute atomic E-state index is 0.486. The van der Waals surface area contributed by atoms with Gasteiger partial charge in [-0.1, -0.05) is 13.0 Å². The monoisotopic (exact) mass is 218 g/mol. The van der Waals surface area contributed by atoms with Gasteiger partial charge >= 0.3 is 10.2 Å². The molecule has 80 valence electrons. The summed E-state index contributed by atoms with van der Waals surface area (Å²) in [6.45, 7) is 4.17. The molecule has 0 unspecified atom stereocenters. The summed E-state index contributed by atoms with van der Waals surface area (Å²) in [7, 11) is -3.63. The number of nitrogens with zero attached hydrogens (tertiary/aromatic N) is 1. The molecule has 1 heterocycles. The summed E-state index contributed by atoms with van der Waals surface area (Å²) >= 11 is 0. The molecule has 0 bridgehead atoms. The maximum atomic E-state index is 11.5. The van der Waals surface area contributed by atoms with Crippen molar-refractivity contribution in [3.63, 3.8) is 0 Å². The van der Waals surface area contributed by atoms with Crippen molar-refractivity contribution >= 4 is 16.1 Å². The lowest BCUT2D eigenvalue weighted by molar-refractivity contribution is -0.114. The predicted octanol–water partition coefficient (Wildman–Crippen LogP) is 0.0193. The second kappa shape index (κ2) is 4.56. The van der Waals surface area contributed by atoms with E-state index in [0.717, 1.165) is 25.3 Å². The van der Waals surface area contributed by atoms with E-state index in [9.17, 15) is 13.2 Å². The van der Waals surface area contributed by atoms with Crippen LogP contribution in [-0.2, 0) is 15.0 Å². The fourth-order valence-electron chi connectivity index (χ4n) is 1.34. The highest BCUT2D eigenvalue weighted by atomic mass is 32.2. The average molecular weight is 218 g/mol. The highest BCUT2D eigenvalue weighted by Gasteiger charge is 2.24. The zero-order chi connectivity index (χ0) is 10.6. The normalized spacial score (nSPS) is 18.9. The molecule has 1 N–H and O–H groups in total. The van der Waals surface area contributed by atoms with Gasteiger partial charge in [-0.2, -0.15) is 12.7 Å². The second-order valence-corrected chi connectivity index (χ2v) is 4.81. The van der Waals surface area contributed by atoms with Crippen LogP contribution in [0.5, 0.6) is 0 Å². The Labute approximate surface area is 84.0 Å². The average Bonchev–Trinajstić information content (AvgIpc) is 2.18. The van der Waals surface area contributed by atoms with Gasteiger partial charge in [0, 0.05) is 13.1 Å². The van der Waals surface area contributed by atoms with Crippen LogP contribution in [0, 0.1) is 0 Å². The third kappa shape index (κ3) is 2.81. The summed E-state index contributed by atoms with van der Waals surface area (Å²) in [5.74, 6) is -0.685. The maximum Gasteiger partial charge on any atom is 0.304 e. The summed E-state index contributed by atoms with van der Waals surface area (Å²) in [5, 5.41) is 0. The van der Waals surface area contributed by atoms with Crippen molar-refractivity contribution in [1.82, 2.24) is 9.03 Å². The predicted molar refractivity (Wildman–Crippen MR) is 52.7 cm³/mol. The summed E-state index contributed by atoms with van der Waals surface area (Å²) in [6.07, 6.45) is 3.69. The largest absolute Gasteiger partial charge is 0.304 e. The summed E-state index contributed by atoms with van der Waals surface area (Å²) in [4.78, 5) is 10.8. The molecular formula is C8H14N2O3S. The molecule has 1 rings (SSSR count).